The Kier molecular flexibility index (Phi) is 11.4. The number of carboxylic acid groups (broad SMARTS) is 1. The van der Waals surface area contributed by atoms with Gasteiger partial charge in [0.25, 0.3) is 0 Å². The summed E-state index contributed by atoms with van der Waals surface area (Å²) in [4.78, 5) is 22.8. The number of halogens is 1. The lowest BCUT2D eigenvalue weighted by Crippen LogP contribution is -2.25. The molecular weight excluding hydrogens is 379 g/mol. The summed E-state index contributed by atoms with van der Waals surface area (Å²) in [7, 11) is 0. The number of amides is 2. The summed E-state index contributed by atoms with van der Waals surface area (Å²) in [5.74, 6) is 0.502. The number of likely N-dealkylation sites (tertiary alicyclic amines) is 1. The van der Waals surface area contributed by atoms with Gasteiger partial charge in [0.05, 0.1) is 13.2 Å². The first kappa shape index (κ1) is 24.4. The molecule has 2 N–H and O–H groups in total. The van der Waals surface area contributed by atoms with Gasteiger partial charge >= 0.3 is 6.09 Å². The lowest BCUT2D eigenvalue weighted by molar-refractivity contribution is -0.124. The second kappa shape index (κ2) is 13.5. The summed E-state index contributed by atoms with van der Waals surface area (Å²) in [6.45, 7) is 10.4. The number of ether oxygens (including phenoxy) is 2. The average Bonchev–Trinajstić information content (AvgIpc) is 3.21. The van der Waals surface area contributed by atoms with E-state index in [4.69, 9.17) is 14.6 Å². The van der Waals surface area contributed by atoms with Crippen LogP contribution in [0.15, 0.2) is 30.9 Å². The first-order valence-corrected chi connectivity index (χ1v) is 9.73. The fourth-order valence-electron chi connectivity index (χ4n) is 2.72. The van der Waals surface area contributed by atoms with E-state index in [0.717, 1.165) is 31.5 Å². The molecule has 1 saturated heterocycles. The fraction of sp³-hybridized carbons (Fsp3) is 0.524. The van der Waals surface area contributed by atoms with Crippen molar-refractivity contribution in [3.05, 3.63) is 42.2 Å². The molecule has 0 radical (unpaired) electrons. The van der Waals surface area contributed by atoms with Gasteiger partial charge in [0.2, 0.25) is 5.91 Å². The van der Waals surface area contributed by atoms with Crippen LogP contribution in [0.4, 0.5) is 9.18 Å². The minimum atomic E-state index is -1.08. The lowest BCUT2D eigenvalue weighted by atomic mass is 10.0. The number of rotatable bonds is 9. The first-order chi connectivity index (χ1) is 13.8. The molecule has 1 aromatic carbocycles. The Balaban J connectivity index is 0.000000704. The fourth-order valence-corrected chi connectivity index (χ4v) is 2.72. The molecule has 1 aliphatic rings. The summed E-state index contributed by atoms with van der Waals surface area (Å²) >= 11 is 0. The molecule has 0 bridgehead atoms. The van der Waals surface area contributed by atoms with Crippen molar-refractivity contribution in [3.8, 4) is 5.75 Å². The number of carbonyl (C=O) groups excluding carboxylic acids is 1. The van der Waals surface area contributed by atoms with E-state index in [1.165, 1.54) is 18.2 Å². The van der Waals surface area contributed by atoms with E-state index in [2.05, 4.69) is 11.9 Å². The minimum Gasteiger partial charge on any atom is -0.491 e. The highest BCUT2D eigenvalue weighted by atomic mass is 19.1. The number of hydrogen-bond donors (Lipinski definition) is 2. The van der Waals surface area contributed by atoms with Crippen molar-refractivity contribution in [3.63, 3.8) is 0 Å². The lowest BCUT2D eigenvalue weighted by Gasteiger charge is -2.14. The van der Waals surface area contributed by atoms with E-state index in [-0.39, 0.29) is 38.8 Å². The Morgan fingerprint density at radius 3 is 2.59 bits per heavy atom. The van der Waals surface area contributed by atoms with Gasteiger partial charge < -0.3 is 24.8 Å². The van der Waals surface area contributed by atoms with Crippen molar-refractivity contribution in [1.82, 2.24) is 10.2 Å². The SMILES string of the molecule is C=CC(=O)N1CCCC1.CC(C)c1ccc(F)cc1OCCOCCNC(=O)O.[HH]. The largest absolute Gasteiger partial charge is 0.491 e. The van der Waals surface area contributed by atoms with Crippen LogP contribution in [-0.2, 0) is 9.53 Å². The second-order valence-electron chi connectivity index (χ2n) is 6.77. The molecule has 1 aliphatic heterocycles. The van der Waals surface area contributed by atoms with Crippen molar-refractivity contribution in [2.24, 2.45) is 0 Å². The van der Waals surface area contributed by atoms with E-state index in [0.29, 0.717) is 12.4 Å². The number of carbonyl (C=O) groups is 2. The minimum absolute atomic E-state index is 0. The van der Waals surface area contributed by atoms with Gasteiger partial charge in [0, 0.05) is 27.1 Å². The van der Waals surface area contributed by atoms with E-state index in [9.17, 15) is 14.0 Å². The van der Waals surface area contributed by atoms with Gasteiger partial charge in [-0.25, -0.2) is 9.18 Å². The van der Waals surface area contributed by atoms with Crippen molar-refractivity contribution in [2.45, 2.75) is 32.6 Å². The van der Waals surface area contributed by atoms with Crippen LogP contribution in [0.25, 0.3) is 0 Å². The molecular formula is C21H33FN2O5. The Morgan fingerprint density at radius 2 is 2.00 bits per heavy atom. The zero-order valence-corrected chi connectivity index (χ0v) is 17.2. The zero-order chi connectivity index (χ0) is 21.6. The van der Waals surface area contributed by atoms with Crippen molar-refractivity contribution < 1.29 is 30.0 Å². The van der Waals surface area contributed by atoms with Crippen LogP contribution in [0.1, 0.15) is 39.6 Å². The second-order valence-corrected chi connectivity index (χ2v) is 6.77. The molecule has 7 nitrogen and oxygen atoms in total. The summed E-state index contributed by atoms with van der Waals surface area (Å²) < 4.78 is 23.9. The molecule has 1 fully saturated rings. The Hall–Kier alpha value is -2.61. The van der Waals surface area contributed by atoms with Gasteiger partial charge in [-0.3, -0.25) is 4.79 Å². The third-order valence-electron chi connectivity index (χ3n) is 4.20. The maximum Gasteiger partial charge on any atom is 0.404 e. The normalized spacial score (nSPS) is 12.9. The van der Waals surface area contributed by atoms with Crippen molar-refractivity contribution >= 4 is 12.0 Å². The standard InChI is InChI=1S/C14H20FNO4.C7H11NO.H2/c1-10(2)12-4-3-11(15)9-13(12)20-8-7-19-6-5-16-14(17)18;1-2-7(9)8-5-3-4-6-8;/h3-4,9-10,16H,5-8H2,1-2H3,(H,17,18);2H,1,3-6H2;1H. The van der Waals surface area contributed by atoms with Crippen LogP contribution in [0.5, 0.6) is 5.75 Å². The van der Waals surface area contributed by atoms with Crippen LogP contribution in [0, 0.1) is 5.82 Å². The van der Waals surface area contributed by atoms with E-state index < -0.39 is 6.09 Å². The Labute approximate surface area is 173 Å². The quantitative estimate of drug-likeness (QED) is 0.477. The highest BCUT2D eigenvalue weighted by Crippen LogP contribution is 2.27. The van der Waals surface area contributed by atoms with Gasteiger partial charge in [0.1, 0.15) is 18.2 Å². The van der Waals surface area contributed by atoms with Crippen molar-refractivity contribution in [2.75, 3.05) is 39.5 Å². The van der Waals surface area contributed by atoms with Gasteiger partial charge in [-0.1, -0.05) is 26.5 Å². The Bertz CT molecular complexity index is 667. The number of benzene rings is 1. The molecule has 0 saturated carbocycles. The van der Waals surface area contributed by atoms with Gasteiger partial charge in [-0.05, 0) is 36.5 Å². The van der Waals surface area contributed by atoms with E-state index in [1.54, 1.807) is 6.07 Å². The molecule has 0 aromatic heterocycles. The van der Waals surface area contributed by atoms with Crippen molar-refractivity contribution in [1.29, 1.82) is 0 Å². The topological polar surface area (TPSA) is 88.1 Å². The molecule has 2 rings (SSSR count). The zero-order valence-electron chi connectivity index (χ0n) is 17.2. The molecule has 1 heterocycles. The maximum atomic E-state index is 13.2. The summed E-state index contributed by atoms with van der Waals surface area (Å²) in [6, 6.07) is 4.49. The smallest absolute Gasteiger partial charge is 0.404 e. The average molecular weight is 413 g/mol. The van der Waals surface area contributed by atoms with Crippen LogP contribution < -0.4 is 10.1 Å². The first-order valence-electron chi connectivity index (χ1n) is 9.73. The third kappa shape index (κ3) is 9.94. The third-order valence-corrected chi connectivity index (χ3v) is 4.20. The maximum absolute atomic E-state index is 13.2. The van der Waals surface area contributed by atoms with Gasteiger partial charge in [-0.2, -0.15) is 0 Å². The molecule has 0 spiro atoms. The monoisotopic (exact) mass is 412 g/mol. The van der Waals surface area contributed by atoms with Crippen LogP contribution >= 0.6 is 0 Å². The number of nitrogens with one attached hydrogen (secondary N) is 1. The predicted octanol–water partition coefficient (Wildman–Crippen LogP) is 3.65. The summed E-state index contributed by atoms with van der Waals surface area (Å²) in [5.41, 5.74) is 0.943. The summed E-state index contributed by atoms with van der Waals surface area (Å²) in [6.07, 6.45) is 2.61. The molecule has 0 unspecified atom stereocenters. The highest BCUT2D eigenvalue weighted by molar-refractivity contribution is 5.87. The van der Waals surface area contributed by atoms with E-state index >= 15 is 0 Å². The molecule has 8 heteroatoms. The predicted molar refractivity (Wildman–Crippen MR) is 111 cm³/mol. The van der Waals surface area contributed by atoms with Crippen LogP contribution in [0.2, 0.25) is 0 Å². The molecule has 1 aromatic rings. The molecule has 0 atom stereocenters. The van der Waals surface area contributed by atoms with Gasteiger partial charge in [-0.15, -0.1) is 0 Å². The van der Waals surface area contributed by atoms with Gasteiger partial charge in [0.15, 0.2) is 0 Å². The van der Waals surface area contributed by atoms with Crippen LogP contribution in [0.3, 0.4) is 0 Å². The number of hydrogen-bond acceptors (Lipinski definition) is 4. The highest BCUT2D eigenvalue weighted by Gasteiger charge is 2.14. The summed E-state index contributed by atoms with van der Waals surface area (Å²) in [5, 5.41) is 10.5. The molecule has 29 heavy (non-hydrogen) atoms. The molecule has 164 valence electrons. The molecule has 0 aliphatic carbocycles. The molecule has 2 amide bonds. The van der Waals surface area contributed by atoms with E-state index in [1.807, 2.05) is 18.7 Å². The number of nitrogens with zero attached hydrogens (tertiary/aromatic N) is 1. The van der Waals surface area contributed by atoms with Crippen LogP contribution in [-0.4, -0.2) is 61.5 Å². The Morgan fingerprint density at radius 1 is 1.31 bits per heavy atom.